The van der Waals surface area contributed by atoms with E-state index in [1.165, 1.54) is 17.4 Å². The maximum absolute atomic E-state index is 13.6. The number of hydrogen-bond acceptors (Lipinski definition) is 6. The lowest BCUT2D eigenvalue weighted by Crippen LogP contribution is -2.44. The van der Waals surface area contributed by atoms with Crippen molar-refractivity contribution in [3.63, 3.8) is 0 Å². The van der Waals surface area contributed by atoms with Gasteiger partial charge in [-0.2, -0.15) is 18.4 Å². The number of aromatic nitrogens is 2. The number of aryl methyl sites for hydroxylation is 1. The third-order valence-corrected chi connectivity index (χ3v) is 6.75. The molecular formula is C24H22F3N5OS. The number of hydrogen-bond donors (Lipinski definition) is 1. The van der Waals surface area contributed by atoms with Gasteiger partial charge in [-0.05, 0) is 60.9 Å². The summed E-state index contributed by atoms with van der Waals surface area (Å²) in [7, 11) is 0. The van der Waals surface area contributed by atoms with E-state index >= 15 is 0 Å². The summed E-state index contributed by atoms with van der Waals surface area (Å²) in [5, 5.41) is 13.6. The molecule has 176 valence electrons. The van der Waals surface area contributed by atoms with Crippen molar-refractivity contribution in [2.24, 2.45) is 0 Å². The van der Waals surface area contributed by atoms with Crippen molar-refractivity contribution in [3.05, 3.63) is 64.3 Å². The summed E-state index contributed by atoms with van der Waals surface area (Å²) in [6, 6.07) is 11.9. The molecular weight excluding hydrogens is 463 g/mol. The number of anilines is 1. The van der Waals surface area contributed by atoms with E-state index in [-0.39, 0.29) is 17.4 Å². The van der Waals surface area contributed by atoms with Crippen LogP contribution < -0.4 is 10.2 Å². The van der Waals surface area contributed by atoms with Gasteiger partial charge < -0.3 is 10.2 Å². The summed E-state index contributed by atoms with van der Waals surface area (Å²) in [5.74, 6) is -1.35. The highest BCUT2D eigenvalue weighted by atomic mass is 32.1. The van der Waals surface area contributed by atoms with E-state index in [4.69, 9.17) is 5.26 Å². The van der Waals surface area contributed by atoms with Crippen molar-refractivity contribution >= 4 is 23.1 Å². The summed E-state index contributed by atoms with van der Waals surface area (Å²) in [6.07, 6.45) is -2.92. The van der Waals surface area contributed by atoms with Crippen molar-refractivity contribution < 1.29 is 18.0 Å². The molecule has 1 atom stereocenters. The fourth-order valence-corrected chi connectivity index (χ4v) is 4.85. The smallest absolute Gasteiger partial charge is 0.354 e. The topological polar surface area (TPSA) is 81.9 Å². The number of nitriles is 1. The Morgan fingerprint density at radius 2 is 2.03 bits per heavy atom. The number of benzene rings is 1. The van der Waals surface area contributed by atoms with Crippen LogP contribution in [0.2, 0.25) is 0 Å². The SMILES string of the molecule is Cc1ccsc1-c1cc(N2CCC[C@H]2C(=O)NCCc2ccc(C#N)cc2)nc(C(F)(F)F)n1. The van der Waals surface area contributed by atoms with Gasteiger partial charge in [-0.15, -0.1) is 11.3 Å². The second kappa shape index (κ2) is 9.81. The number of carbonyl (C=O) groups is 1. The average molecular weight is 486 g/mol. The summed E-state index contributed by atoms with van der Waals surface area (Å²) >= 11 is 1.32. The highest BCUT2D eigenvalue weighted by Gasteiger charge is 2.38. The molecule has 0 radical (unpaired) electrons. The van der Waals surface area contributed by atoms with Crippen molar-refractivity contribution in [1.82, 2.24) is 15.3 Å². The van der Waals surface area contributed by atoms with Gasteiger partial charge in [-0.1, -0.05) is 12.1 Å². The number of thiophene rings is 1. The third-order valence-electron chi connectivity index (χ3n) is 5.71. The van der Waals surface area contributed by atoms with Gasteiger partial charge in [0.1, 0.15) is 11.9 Å². The molecule has 6 nitrogen and oxygen atoms in total. The van der Waals surface area contributed by atoms with Crippen LogP contribution in [0.1, 0.15) is 35.4 Å². The van der Waals surface area contributed by atoms with Gasteiger partial charge in [0.25, 0.3) is 0 Å². The van der Waals surface area contributed by atoms with Gasteiger partial charge in [0, 0.05) is 19.2 Å². The molecule has 1 amide bonds. The summed E-state index contributed by atoms with van der Waals surface area (Å²) < 4.78 is 40.7. The predicted octanol–water partition coefficient (Wildman–Crippen LogP) is 4.73. The third kappa shape index (κ3) is 5.20. The van der Waals surface area contributed by atoms with Crippen LogP contribution >= 0.6 is 11.3 Å². The Kier molecular flexibility index (Phi) is 6.84. The summed E-state index contributed by atoms with van der Waals surface area (Å²) in [5.41, 5.74) is 2.58. The Bertz CT molecular complexity index is 1220. The number of halogens is 3. The highest BCUT2D eigenvalue weighted by Crippen LogP contribution is 2.35. The molecule has 3 aromatic rings. The first-order chi connectivity index (χ1) is 16.3. The Balaban J connectivity index is 1.52. The zero-order valence-corrected chi connectivity index (χ0v) is 19.2. The maximum atomic E-state index is 13.6. The molecule has 1 fully saturated rings. The van der Waals surface area contributed by atoms with Crippen LogP contribution in [-0.4, -0.2) is 35.0 Å². The van der Waals surface area contributed by atoms with Crippen LogP contribution in [0.25, 0.3) is 10.6 Å². The molecule has 2 aromatic heterocycles. The molecule has 1 aliphatic heterocycles. The van der Waals surface area contributed by atoms with Crippen molar-refractivity contribution in [1.29, 1.82) is 5.26 Å². The van der Waals surface area contributed by atoms with E-state index in [1.807, 2.05) is 25.1 Å². The first-order valence-corrected chi connectivity index (χ1v) is 11.7. The second-order valence-electron chi connectivity index (χ2n) is 8.07. The zero-order chi connectivity index (χ0) is 24.3. The van der Waals surface area contributed by atoms with E-state index in [0.717, 1.165) is 11.1 Å². The molecule has 0 aliphatic carbocycles. The molecule has 0 unspecified atom stereocenters. The Morgan fingerprint density at radius 1 is 1.26 bits per heavy atom. The van der Waals surface area contributed by atoms with Crippen LogP contribution in [0.5, 0.6) is 0 Å². The van der Waals surface area contributed by atoms with E-state index in [9.17, 15) is 18.0 Å². The molecule has 0 spiro atoms. The van der Waals surface area contributed by atoms with Crippen molar-refractivity contribution in [2.45, 2.75) is 38.4 Å². The van der Waals surface area contributed by atoms with Gasteiger partial charge in [-0.3, -0.25) is 4.79 Å². The fraction of sp³-hybridized carbons (Fsp3) is 0.333. The zero-order valence-electron chi connectivity index (χ0n) is 18.4. The van der Waals surface area contributed by atoms with Crippen molar-refractivity contribution in [3.8, 4) is 16.6 Å². The van der Waals surface area contributed by atoms with Gasteiger partial charge >= 0.3 is 6.18 Å². The van der Waals surface area contributed by atoms with E-state index < -0.39 is 18.0 Å². The lowest BCUT2D eigenvalue weighted by molar-refractivity contribution is -0.144. The summed E-state index contributed by atoms with van der Waals surface area (Å²) in [4.78, 5) is 22.8. The number of carbonyl (C=O) groups excluding carboxylic acids is 1. The molecule has 1 saturated heterocycles. The first kappa shape index (κ1) is 23.7. The number of nitrogens with one attached hydrogen (secondary N) is 1. The molecule has 1 aromatic carbocycles. The quantitative estimate of drug-likeness (QED) is 0.546. The van der Waals surface area contributed by atoms with Gasteiger partial charge in [0.15, 0.2) is 0 Å². The molecule has 10 heteroatoms. The van der Waals surface area contributed by atoms with Crippen LogP contribution in [0.15, 0.2) is 41.8 Å². The molecule has 4 rings (SSSR count). The highest BCUT2D eigenvalue weighted by molar-refractivity contribution is 7.13. The second-order valence-corrected chi connectivity index (χ2v) is 8.98. The number of nitrogens with zero attached hydrogens (tertiary/aromatic N) is 4. The van der Waals surface area contributed by atoms with E-state index in [0.29, 0.717) is 42.8 Å². The molecule has 1 aliphatic rings. The van der Waals surface area contributed by atoms with Gasteiger partial charge in [-0.25, -0.2) is 9.97 Å². The minimum atomic E-state index is -4.70. The molecule has 0 bridgehead atoms. The van der Waals surface area contributed by atoms with Crippen molar-refractivity contribution in [2.75, 3.05) is 18.0 Å². The van der Waals surface area contributed by atoms with Crippen LogP contribution in [0.3, 0.4) is 0 Å². The number of alkyl halides is 3. The van der Waals surface area contributed by atoms with Gasteiger partial charge in [0.05, 0.1) is 22.2 Å². The number of amides is 1. The van der Waals surface area contributed by atoms with Gasteiger partial charge in [0.2, 0.25) is 11.7 Å². The van der Waals surface area contributed by atoms with Crippen LogP contribution in [-0.2, 0) is 17.4 Å². The molecule has 1 N–H and O–H groups in total. The van der Waals surface area contributed by atoms with Crippen LogP contribution in [0, 0.1) is 18.3 Å². The normalized spacial score (nSPS) is 15.9. The monoisotopic (exact) mass is 485 g/mol. The Hall–Kier alpha value is -3.45. The molecule has 3 heterocycles. The van der Waals surface area contributed by atoms with E-state index in [2.05, 4.69) is 21.4 Å². The lowest BCUT2D eigenvalue weighted by Gasteiger charge is -2.26. The largest absolute Gasteiger partial charge is 0.451 e. The molecule has 0 saturated carbocycles. The fourth-order valence-electron chi connectivity index (χ4n) is 3.97. The standard InChI is InChI=1S/C24H22F3N5OS/c1-15-9-12-34-21(15)18-13-20(31-23(30-18)24(25,26)27)32-11-2-3-19(32)22(33)29-10-8-16-4-6-17(14-28)7-5-16/h4-7,9,12-13,19H,2-3,8,10-11H2,1H3,(H,29,33)/t19-/m0/s1. The average Bonchev–Trinajstić information content (AvgIpc) is 3.48. The minimum Gasteiger partial charge on any atom is -0.354 e. The minimum absolute atomic E-state index is 0.106. The number of rotatable bonds is 6. The van der Waals surface area contributed by atoms with Crippen LogP contribution in [0.4, 0.5) is 19.0 Å². The lowest BCUT2D eigenvalue weighted by atomic mass is 10.1. The van der Waals surface area contributed by atoms with E-state index in [1.54, 1.807) is 22.4 Å². The Morgan fingerprint density at radius 3 is 2.68 bits per heavy atom. The molecule has 34 heavy (non-hydrogen) atoms. The Labute approximate surface area is 199 Å². The maximum Gasteiger partial charge on any atom is 0.451 e. The summed E-state index contributed by atoms with van der Waals surface area (Å²) in [6.45, 7) is 2.64. The first-order valence-electron chi connectivity index (χ1n) is 10.8. The predicted molar refractivity (Wildman–Crippen MR) is 123 cm³/mol.